The van der Waals surface area contributed by atoms with Crippen LogP contribution < -0.4 is 24.3 Å². The van der Waals surface area contributed by atoms with Gasteiger partial charge in [-0.15, -0.1) is 0 Å². The number of rotatable bonds is 6. The van der Waals surface area contributed by atoms with Gasteiger partial charge in [-0.2, -0.15) is 0 Å². The van der Waals surface area contributed by atoms with Crippen LogP contribution in [0.4, 0.5) is 0 Å². The topological polar surface area (TPSA) is 86.3 Å². The maximum Gasteiger partial charge on any atom is 0.271 e. The van der Waals surface area contributed by atoms with E-state index >= 15 is 0 Å². The second-order valence-corrected chi connectivity index (χ2v) is 7.92. The number of nitrogens with one attached hydrogen (secondary N) is 1. The Bertz CT molecular complexity index is 1130. The number of hydrogen-bond donors (Lipinski definition) is 1. The smallest absolute Gasteiger partial charge is 0.271 e. The molecular formula is C25H28N2O6. The molecule has 0 aromatic heterocycles. The molecule has 1 fully saturated rings. The van der Waals surface area contributed by atoms with Crippen molar-refractivity contribution in [3.8, 4) is 23.0 Å². The average molecular weight is 453 g/mol. The van der Waals surface area contributed by atoms with E-state index in [0.717, 1.165) is 11.1 Å². The predicted octanol–water partition coefficient (Wildman–Crippen LogP) is 3.10. The second-order valence-electron chi connectivity index (χ2n) is 7.92. The molecule has 0 saturated carbocycles. The van der Waals surface area contributed by atoms with Gasteiger partial charge in [-0.3, -0.25) is 9.59 Å². The maximum absolute atomic E-state index is 13.6. The fraction of sp³-hybridized carbons (Fsp3) is 0.360. The maximum atomic E-state index is 13.6. The van der Waals surface area contributed by atoms with Crippen LogP contribution in [0.25, 0.3) is 6.08 Å². The normalized spacial score (nSPS) is 20.6. The van der Waals surface area contributed by atoms with Gasteiger partial charge in [0.15, 0.2) is 23.0 Å². The highest BCUT2D eigenvalue weighted by Crippen LogP contribution is 2.42. The van der Waals surface area contributed by atoms with Crippen LogP contribution in [0.5, 0.6) is 23.0 Å². The van der Waals surface area contributed by atoms with Gasteiger partial charge in [0, 0.05) is 6.42 Å². The molecule has 33 heavy (non-hydrogen) atoms. The summed E-state index contributed by atoms with van der Waals surface area (Å²) in [4.78, 5) is 28.4. The molecule has 0 bridgehead atoms. The molecule has 2 aromatic rings. The lowest BCUT2D eigenvalue weighted by Crippen LogP contribution is -2.60. The third kappa shape index (κ3) is 3.86. The number of carbonyl (C=O) groups excluding carboxylic acids is 2. The van der Waals surface area contributed by atoms with Crippen molar-refractivity contribution in [2.24, 2.45) is 0 Å². The van der Waals surface area contributed by atoms with Crippen LogP contribution in [0.2, 0.25) is 0 Å². The first-order valence-electron chi connectivity index (χ1n) is 10.8. The number of fused-ring (bicyclic) bond motifs is 2. The van der Waals surface area contributed by atoms with Crippen molar-refractivity contribution in [2.75, 3.05) is 28.4 Å². The number of amides is 2. The first-order chi connectivity index (χ1) is 15.9. The number of benzene rings is 2. The summed E-state index contributed by atoms with van der Waals surface area (Å²) >= 11 is 0. The summed E-state index contributed by atoms with van der Waals surface area (Å²) in [5.41, 5.74) is 2.90. The Morgan fingerprint density at radius 1 is 0.939 bits per heavy atom. The summed E-state index contributed by atoms with van der Waals surface area (Å²) in [7, 11) is 6.27. The van der Waals surface area contributed by atoms with E-state index in [1.54, 1.807) is 57.6 Å². The first kappa shape index (κ1) is 22.5. The Labute approximate surface area is 193 Å². The van der Waals surface area contributed by atoms with Crippen molar-refractivity contribution in [1.29, 1.82) is 0 Å². The summed E-state index contributed by atoms with van der Waals surface area (Å²) in [6.07, 6.45) is 2.73. The molecule has 0 spiro atoms. The zero-order valence-corrected chi connectivity index (χ0v) is 19.4. The minimum atomic E-state index is -0.587. The molecule has 2 aromatic carbocycles. The highest BCUT2D eigenvalue weighted by atomic mass is 16.5. The summed E-state index contributed by atoms with van der Waals surface area (Å²) < 4.78 is 21.6. The molecule has 2 aliphatic heterocycles. The lowest BCUT2D eigenvalue weighted by molar-refractivity contribution is -0.146. The highest BCUT2D eigenvalue weighted by molar-refractivity contribution is 6.08. The van der Waals surface area contributed by atoms with E-state index in [0.29, 0.717) is 41.4 Å². The lowest BCUT2D eigenvalue weighted by atomic mass is 9.84. The predicted molar refractivity (Wildman–Crippen MR) is 123 cm³/mol. The molecule has 0 unspecified atom stereocenters. The number of piperazine rings is 1. The Balaban J connectivity index is 1.74. The molecule has 2 atom stereocenters. The Morgan fingerprint density at radius 2 is 1.58 bits per heavy atom. The molecule has 2 amide bonds. The molecule has 0 aliphatic carbocycles. The van der Waals surface area contributed by atoms with Gasteiger partial charge < -0.3 is 29.2 Å². The monoisotopic (exact) mass is 452 g/mol. The van der Waals surface area contributed by atoms with E-state index in [2.05, 4.69) is 5.32 Å². The van der Waals surface area contributed by atoms with Crippen LogP contribution in [0.1, 0.15) is 36.1 Å². The minimum absolute atomic E-state index is 0.208. The molecule has 2 heterocycles. The molecule has 1 saturated heterocycles. The minimum Gasteiger partial charge on any atom is -0.493 e. The van der Waals surface area contributed by atoms with Gasteiger partial charge in [0.05, 0.1) is 34.5 Å². The van der Waals surface area contributed by atoms with Crippen LogP contribution in [-0.4, -0.2) is 51.2 Å². The van der Waals surface area contributed by atoms with E-state index in [-0.39, 0.29) is 23.6 Å². The Hall–Kier alpha value is -3.68. The fourth-order valence-electron chi connectivity index (χ4n) is 4.63. The Morgan fingerprint density at radius 3 is 2.21 bits per heavy atom. The molecule has 8 nitrogen and oxygen atoms in total. The third-order valence-corrected chi connectivity index (χ3v) is 6.22. The average Bonchev–Trinajstić information content (AvgIpc) is 2.84. The van der Waals surface area contributed by atoms with Gasteiger partial charge in [-0.05, 0) is 53.5 Å². The third-order valence-electron chi connectivity index (χ3n) is 6.22. The van der Waals surface area contributed by atoms with Crippen molar-refractivity contribution < 1.29 is 28.5 Å². The number of nitrogens with zero attached hydrogens (tertiary/aromatic N) is 1. The van der Waals surface area contributed by atoms with Crippen molar-refractivity contribution in [2.45, 2.75) is 31.8 Å². The van der Waals surface area contributed by atoms with E-state index < -0.39 is 6.04 Å². The number of carbonyl (C=O) groups is 2. The summed E-state index contributed by atoms with van der Waals surface area (Å²) in [5, 5.41) is 2.81. The number of hydrogen-bond acceptors (Lipinski definition) is 6. The zero-order valence-electron chi connectivity index (χ0n) is 19.4. The first-order valence-corrected chi connectivity index (χ1v) is 10.8. The summed E-state index contributed by atoms with van der Waals surface area (Å²) in [6.45, 7) is 2.01. The molecule has 174 valence electrons. The number of methoxy groups -OCH3 is 4. The van der Waals surface area contributed by atoms with Crippen molar-refractivity contribution in [3.63, 3.8) is 0 Å². The highest BCUT2D eigenvalue weighted by Gasteiger charge is 2.45. The SMILES string of the molecule is CC[C@@H]1c2cc(OC)c(OC)cc2C[C@H]2C(=O)N/C(=C\c3ccc(OC)c(OC)c3)C(=O)N12. The molecule has 2 aliphatic rings. The van der Waals surface area contributed by atoms with Crippen molar-refractivity contribution in [1.82, 2.24) is 10.2 Å². The van der Waals surface area contributed by atoms with E-state index in [9.17, 15) is 9.59 Å². The molecule has 1 N–H and O–H groups in total. The standard InChI is InChI=1S/C25H28N2O6/c1-6-18-16-13-23(33-5)22(32-4)12-15(16)11-19-24(28)26-17(25(29)27(18)19)9-14-7-8-20(30-2)21(10-14)31-3/h7-10,12-13,18-19H,6,11H2,1-5H3,(H,26,28)/b17-9-/t18-,19+/m1/s1. The Kier molecular flexibility index (Phi) is 6.18. The van der Waals surface area contributed by atoms with Crippen molar-refractivity contribution >= 4 is 17.9 Å². The van der Waals surface area contributed by atoms with Crippen LogP contribution >= 0.6 is 0 Å². The quantitative estimate of drug-likeness (QED) is 0.678. The molecule has 0 radical (unpaired) electrons. The summed E-state index contributed by atoms with van der Waals surface area (Å²) in [6, 6.07) is 8.30. The van der Waals surface area contributed by atoms with Crippen LogP contribution in [0.15, 0.2) is 36.0 Å². The fourth-order valence-corrected chi connectivity index (χ4v) is 4.63. The van der Waals surface area contributed by atoms with E-state index in [1.807, 2.05) is 19.1 Å². The second kappa shape index (κ2) is 9.05. The van der Waals surface area contributed by atoms with Gasteiger partial charge in [0.25, 0.3) is 5.91 Å². The van der Waals surface area contributed by atoms with Gasteiger partial charge in [0.1, 0.15) is 11.7 Å². The summed E-state index contributed by atoms with van der Waals surface area (Å²) in [5.74, 6) is 1.90. The van der Waals surface area contributed by atoms with Crippen LogP contribution in [-0.2, 0) is 16.0 Å². The molecule has 8 heteroatoms. The molecule has 4 rings (SSSR count). The van der Waals surface area contributed by atoms with Gasteiger partial charge in [-0.25, -0.2) is 0 Å². The lowest BCUT2D eigenvalue weighted by Gasteiger charge is -2.45. The largest absolute Gasteiger partial charge is 0.493 e. The molecular weight excluding hydrogens is 424 g/mol. The van der Waals surface area contributed by atoms with E-state index in [1.165, 1.54) is 0 Å². The van der Waals surface area contributed by atoms with Gasteiger partial charge >= 0.3 is 0 Å². The van der Waals surface area contributed by atoms with Gasteiger partial charge in [-0.1, -0.05) is 13.0 Å². The van der Waals surface area contributed by atoms with E-state index in [4.69, 9.17) is 18.9 Å². The number of ether oxygens (including phenoxy) is 4. The van der Waals surface area contributed by atoms with Crippen molar-refractivity contribution in [3.05, 3.63) is 52.7 Å². The van der Waals surface area contributed by atoms with Crippen LogP contribution in [0, 0.1) is 0 Å². The van der Waals surface area contributed by atoms with Gasteiger partial charge in [0.2, 0.25) is 5.91 Å². The van der Waals surface area contributed by atoms with Crippen LogP contribution in [0.3, 0.4) is 0 Å². The zero-order chi connectivity index (χ0) is 23.7.